The molecule has 4 heteroatoms. The Balaban J connectivity index is 3.16. The molecule has 1 aromatic carbocycles. The molecule has 1 rings (SSSR count). The van der Waals surface area contributed by atoms with Crippen LogP contribution in [0.2, 0.25) is 0 Å². The van der Waals surface area contributed by atoms with E-state index in [-0.39, 0.29) is 17.9 Å². The quantitative estimate of drug-likeness (QED) is 0.775. The van der Waals surface area contributed by atoms with Gasteiger partial charge in [0.05, 0.1) is 5.56 Å². The zero-order valence-electron chi connectivity index (χ0n) is 8.24. The SMILES string of the molecule is CC(CC=O)c1ccc(F)cc1C(=O)O. The minimum Gasteiger partial charge on any atom is -0.478 e. The molecule has 0 aromatic heterocycles. The second kappa shape index (κ2) is 4.68. The van der Waals surface area contributed by atoms with Gasteiger partial charge in [0.2, 0.25) is 0 Å². The van der Waals surface area contributed by atoms with Crippen molar-refractivity contribution in [2.45, 2.75) is 19.3 Å². The van der Waals surface area contributed by atoms with E-state index in [2.05, 4.69) is 0 Å². The number of carbonyl (C=O) groups is 2. The van der Waals surface area contributed by atoms with Crippen LogP contribution in [0, 0.1) is 5.82 Å². The van der Waals surface area contributed by atoms with Gasteiger partial charge >= 0.3 is 5.97 Å². The van der Waals surface area contributed by atoms with E-state index in [1.807, 2.05) is 0 Å². The Morgan fingerprint density at radius 2 is 2.27 bits per heavy atom. The average molecular weight is 210 g/mol. The molecule has 0 bridgehead atoms. The van der Waals surface area contributed by atoms with Crippen LogP contribution in [-0.4, -0.2) is 17.4 Å². The van der Waals surface area contributed by atoms with Crippen LogP contribution < -0.4 is 0 Å². The highest BCUT2D eigenvalue weighted by atomic mass is 19.1. The fraction of sp³-hybridized carbons (Fsp3) is 0.273. The molecule has 80 valence electrons. The zero-order valence-corrected chi connectivity index (χ0v) is 8.24. The fourth-order valence-corrected chi connectivity index (χ4v) is 1.41. The van der Waals surface area contributed by atoms with Gasteiger partial charge in [-0.25, -0.2) is 9.18 Å². The van der Waals surface area contributed by atoms with Crippen molar-refractivity contribution >= 4 is 12.3 Å². The second-order valence-corrected chi connectivity index (χ2v) is 3.34. The van der Waals surface area contributed by atoms with Crippen molar-refractivity contribution in [3.05, 3.63) is 35.1 Å². The van der Waals surface area contributed by atoms with Crippen molar-refractivity contribution in [2.24, 2.45) is 0 Å². The van der Waals surface area contributed by atoms with Crippen LogP contribution >= 0.6 is 0 Å². The highest BCUT2D eigenvalue weighted by molar-refractivity contribution is 5.89. The maximum Gasteiger partial charge on any atom is 0.336 e. The molecule has 0 fully saturated rings. The maximum atomic E-state index is 12.8. The monoisotopic (exact) mass is 210 g/mol. The summed E-state index contributed by atoms with van der Waals surface area (Å²) in [6.45, 7) is 1.73. The molecule has 0 spiro atoms. The van der Waals surface area contributed by atoms with Crippen molar-refractivity contribution in [3.63, 3.8) is 0 Å². The summed E-state index contributed by atoms with van der Waals surface area (Å²) in [6.07, 6.45) is 0.950. The third kappa shape index (κ3) is 2.62. The summed E-state index contributed by atoms with van der Waals surface area (Å²) >= 11 is 0. The molecule has 0 aliphatic rings. The number of carboxylic acid groups (broad SMARTS) is 1. The lowest BCUT2D eigenvalue weighted by atomic mass is 9.93. The van der Waals surface area contributed by atoms with E-state index in [9.17, 15) is 14.0 Å². The first-order valence-electron chi connectivity index (χ1n) is 4.52. The Kier molecular flexibility index (Phi) is 3.55. The minimum atomic E-state index is -1.18. The molecule has 0 heterocycles. The third-order valence-electron chi connectivity index (χ3n) is 2.23. The largest absolute Gasteiger partial charge is 0.478 e. The Hall–Kier alpha value is -1.71. The summed E-state index contributed by atoms with van der Waals surface area (Å²) in [5.74, 6) is -1.98. The van der Waals surface area contributed by atoms with Gasteiger partial charge in [-0.2, -0.15) is 0 Å². The summed E-state index contributed by atoms with van der Waals surface area (Å²) in [5, 5.41) is 8.85. The average Bonchev–Trinajstić information content (AvgIpc) is 2.17. The topological polar surface area (TPSA) is 54.4 Å². The number of halogens is 1. The normalized spacial score (nSPS) is 12.1. The van der Waals surface area contributed by atoms with Gasteiger partial charge in [-0.15, -0.1) is 0 Å². The van der Waals surface area contributed by atoms with Gasteiger partial charge in [-0.1, -0.05) is 13.0 Å². The minimum absolute atomic E-state index is 0.0793. The smallest absolute Gasteiger partial charge is 0.336 e. The zero-order chi connectivity index (χ0) is 11.4. The molecule has 0 aliphatic carbocycles. The van der Waals surface area contributed by atoms with Crippen LogP contribution in [-0.2, 0) is 4.79 Å². The van der Waals surface area contributed by atoms with E-state index in [0.717, 1.165) is 12.4 Å². The van der Waals surface area contributed by atoms with Crippen LogP contribution in [0.4, 0.5) is 4.39 Å². The number of hydrogen-bond donors (Lipinski definition) is 1. The van der Waals surface area contributed by atoms with E-state index in [4.69, 9.17) is 5.11 Å². The molecule has 15 heavy (non-hydrogen) atoms. The van der Waals surface area contributed by atoms with E-state index >= 15 is 0 Å². The Labute approximate surface area is 86.5 Å². The highest BCUT2D eigenvalue weighted by Gasteiger charge is 2.15. The van der Waals surface area contributed by atoms with E-state index in [1.165, 1.54) is 12.1 Å². The molecule has 0 amide bonds. The first-order valence-corrected chi connectivity index (χ1v) is 4.52. The van der Waals surface area contributed by atoms with Gasteiger partial charge in [0, 0.05) is 6.42 Å². The summed E-state index contributed by atoms with van der Waals surface area (Å²) < 4.78 is 12.8. The van der Waals surface area contributed by atoms with E-state index in [0.29, 0.717) is 5.56 Å². The molecule has 0 saturated carbocycles. The number of hydrogen-bond acceptors (Lipinski definition) is 2. The molecule has 0 aliphatic heterocycles. The van der Waals surface area contributed by atoms with Crippen LogP contribution in [0.3, 0.4) is 0 Å². The predicted molar refractivity (Wildman–Crippen MR) is 52.5 cm³/mol. The number of aromatic carboxylic acids is 1. The van der Waals surface area contributed by atoms with Gasteiger partial charge < -0.3 is 9.90 Å². The molecular formula is C11H11FO3. The standard InChI is InChI=1S/C11H11FO3/c1-7(4-5-13)9-3-2-8(12)6-10(9)11(14)15/h2-3,5-7H,4H2,1H3,(H,14,15). The van der Waals surface area contributed by atoms with Crippen molar-refractivity contribution in [3.8, 4) is 0 Å². The number of aldehydes is 1. The Bertz CT molecular complexity index is 387. The van der Waals surface area contributed by atoms with E-state index in [1.54, 1.807) is 6.92 Å². The summed E-state index contributed by atoms with van der Waals surface area (Å²) in [4.78, 5) is 21.1. The van der Waals surface area contributed by atoms with Crippen molar-refractivity contribution < 1.29 is 19.1 Å². The van der Waals surface area contributed by atoms with Gasteiger partial charge in [-0.05, 0) is 23.6 Å². The van der Waals surface area contributed by atoms with Crippen molar-refractivity contribution in [1.82, 2.24) is 0 Å². The summed E-state index contributed by atoms with van der Waals surface area (Å²) in [6, 6.07) is 3.58. The lowest BCUT2D eigenvalue weighted by molar-refractivity contribution is -0.108. The summed E-state index contributed by atoms with van der Waals surface area (Å²) in [5.41, 5.74) is 0.403. The molecular weight excluding hydrogens is 199 g/mol. The Morgan fingerprint density at radius 3 is 2.80 bits per heavy atom. The van der Waals surface area contributed by atoms with Crippen molar-refractivity contribution in [1.29, 1.82) is 0 Å². The molecule has 1 atom stereocenters. The van der Waals surface area contributed by atoms with Gasteiger partial charge in [0.1, 0.15) is 12.1 Å². The number of rotatable bonds is 4. The lowest BCUT2D eigenvalue weighted by Crippen LogP contribution is -2.06. The number of benzene rings is 1. The molecule has 0 saturated heterocycles. The first-order chi connectivity index (χ1) is 7.06. The predicted octanol–water partition coefficient (Wildman–Crippen LogP) is 2.22. The third-order valence-corrected chi connectivity index (χ3v) is 2.23. The highest BCUT2D eigenvalue weighted by Crippen LogP contribution is 2.23. The summed E-state index contributed by atoms with van der Waals surface area (Å²) in [7, 11) is 0. The molecule has 1 N–H and O–H groups in total. The van der Waals surface area contributed by atoms with Crippen molar-refractivity contribution in [2.75, 3.05) is 0 Å². The van der Waals surface area contributed by atoms with Gasteiger partial charge in [-0.3, -0.25) is 0 Å². The number of carbonyl (C=O) groups excluding carboxylic acids is 1. The molecule has 1 aromatic rings. The molecule has 3 nitrogen and oxygen atoms in total. The van der Waals surface area contributed by atoms with Gasteiger partial charge in [0.25, 0.3) is 0 Å². The lowest BCUT2D eigenvalue weighted by Gasteiger charge is -2.11. The molecule has 0 radical (unpaired) electrons. The maximum absolute atomic E-state index is 12.8. The first kappa shape index (κ1) is 11.4. The van der Waals surface area contributed by atoms with Crippen LogP contribution in [0.5, 0.6) is 0 Å². The Morgan fingerprint density at radius 1 is 1.60 bits per heavy atom. The van der Waals surface area contributed by atoms with E-state index < -0.39 is 11.8 Å². The van der Waals surface area contributed by atoms with Crippen LogP contribution in [0.15, 0.2) is 18.2 Å². The van der Waals surface area contributed by atoms with Crippen LogP contribution in [0.25, 0.3) is 0 Å². The second-order valence-electron chi connectivity index (χ2n) is 3.34. The molecule has 1 unspecified atom stereocenters. The van der Waals surface area contributed by atoms with Gasteiger partial charge in [0.15, 0.2) is 0 Å². The number of carboxylic acids is 1. The van der Waals surface area contributed by atoms with Crippen LogP contribution in [0.1, 0.15) is 35.2 Å². The fourth-order valence-electron chi connectivity index (χ4n) is 1.41.